The number of amides is 1. The van der Waals surface area contributed by atoms with Gasteiger partial charge in [0, 0.05) is 21.5 Å². The van der Waals surface area contributed by atoms with Crippen LogP contribution in [0.5, 0.6) is 0 Å². The number of rotatable bonds is 3. The van der Waals surface area contributed by atoms with E-state index in [2.05, 4.69) is 5.32 Å². The number of carbonyl (C=O) groups is 1. The Balaban J connectivity index is 1.84. The second kappa shape index (κ2) is 5.96. The second-order valence-corrected chi connectivity index (χ2v) is 5.58. The minimum Gasteiger partial charge on any atom is -0.451 e. The lowest BCUT2D eigenvalue weighted by Crippen LogP contribution is -2.11. The zero-order chi connectivity index (χ0) is 15.5. The van der Waals surface area contributed by atoms with Crippen LogP contribution >= 0.6 is 11.8 Å². The topological polar surface area (TPSA) is 66.0 Å². The summed E-state index contributed by atoms with van der Waals surface area (Å²) in [7, 11) is 0. The Labute approximate surface area is 131 Å². The van der Waals surface area contributed by atoms with Crippen molar-refractivity contribution in [2.75, 3.05) is 5.32 Å². The third-order valence-electron chi connectivity index (χ3n) is 3.33. The van der Waals surface area contributed by atoms with E-state index in [4.69, 9.17) is 9.68 Å². The van der Waals surface area contributed by atoms with Crippen LogP contribution in [0.1, 0.15) is 16.1 Å². The molecule has 0 atom stereocenters. The number of hydrogen-bond donors (Lipinski definition) is 1. The number of hydrogen-bond acceptors (Lipinski definition) is 4. The first-order valence-electron chi connectivity index (χ1n) is 6.64. The number of carbonyl (C=O) groups excluding carboxylic acids is 1. The van der Waals surface area contributed by atoms with E-state index in [1.54, 1.807) is 24.3 Å². The van der Waals surface area contributed by atoms with Crippen molar-refractivity contribution in [1.82, 2.24) is 0 Å². The molecule has 1 N–H and O–H groups in total. The van der Waals surface area contributed by atoms with Crippen molar-refractivity contribution in [2.24, 2.45) is 0 Å². The number of nitrogens with zero attached hydrogens (tertiary/aromatic N) is 1. The monoisotopic (exact) mass is 308 g/mol. The summed E-state index contributed by atoms with van der Waals surface area (Å²) in [5.74, 6) is 0.0334. The van der Waals surface area contributed by atoms with Crippen LogP contribution in [0.2, 0.25) is 0 Å². The number of benzene rings is 2. The summed E-state index contributed by atoms with van der Waals surface area (Å²) >= 11 is 1.08. The van der Waals surface area contributed by atoms with Crippen LogP contribution in [-0.4, -0.2) is 5.91 Å². The molecule has 0 aliphatic rings. The van der Waals surface area contributed by atoms with Crippen LogP contribution in [-0.2, 0) is 0 Å². The minimum atomic E-state index is -0.283. The molecule has 1 heterocycles. The molecule has 2 aromatic carbocycles. The molecule has 1 aromatic heterocycles. The Bertz CT molecular complexity index is 876. The van der Waals surface area contributed by atoms with Crippen molar-refractivity contribution in [1.29, 1.82) is 5.26 Å². The van der Waals surface area contributed by atoms with E-state index in [-0.39, 0.29) is 5.91 Å². The van der Waals surface area contributed by atoms with Crippen LogP contribution in [0, 0.1) is 17.6 Å². The molecule has 108 valence electrons. The van der Waals surface area contributed by atoms with Gasteiger partial charge in [0.2, 0.25) is 0 Å². The molecule has 0 spiro atoms. The highest BCUT2D eigenvalue weighted by atomic mass is 32.2. The van der Waals surface area contributed by atoms with Crippen LogP contribution < -0.4 is 5.32 Å². The molecule has 1 amide bonds. The third kappa shape index (κ3) is 2.69. The number of nitrogens with one attached hydrogen (secondary N) is 1. The van der Waals surface area contributed by atoms with Crippen molar-refractivity contribution in [3.63, 3.8) is 0 Å². The highest BCUT2D eigenvalue weighted by Gasteiger charge is 2.17. The Morgan fingerprint density at radius 3 is 2.59 bits per heavy atom. The van der Waals surface area contributed by atoms with E-state index in [0.717, 1.165) is 27.6 Å². The van der Waals surface area contributed by atoms with Gasteiger partial charge in [-0.1, -0.05) is 18.2 Å². The summed E-state index contributed by atoms with van der Waals surface area (Å²) in [4.78, 5) is 13.2. The smallest absolute Gasteiger partial charge is 0.291 e. The van der Waals surface area contributed by atoms with Gasteiger partial charge in [0.05, 0.1) is 0 Å². The van der Waals surface area contributed by atoms with E-state index >= 15 is 0 Å². The van der Waals surface area contributed by atoms with Crippen LogP contribution in [0.4, 0.5) is 5.69 Å². The zero-order valence-corrected chi connectivity index (χ0v) is 12.6. The number of anilines is 1. The number of para-hydroxylation sites is 1. The van der Waals surface area contributed by atoms with Gasteiger partial charge in [-0.2, -0.15) is 5.26 Å². The van der Waals surface area contributed by atoms with Crippen LogP contribution in [0.3, 0.4) is 0 Å². The Morgan fingerprint density at radius 1 is 1.18 bits per heavy atom. The summed E-state index contributed by atoms with van der Waals surface area (Å²) in [5.41, 5.74) is 2.18. The number of thiocyanates is 1. The largest absolute Gasteiger partial charge is 0.451 e. The van der Waals surface area contributed by atoms with E-state index in [1.807, 2.05) is 36.6 Å². The van der Waals surface area contributed by atoms with Gasteiger partial charge in [-0.05, 0) is 49.0 Å². The number of fused-ring (bicyclic) bond motifs is 1. The molecule has 0 saturated carbocycles. The van der Waals surface area contributed by atoms with Gasteiger partial charge >= 0.3 is 0 Å². The van der Waals surface area contributed by atoms with Crippen molar-refractivity contribution < 1.29 is 9.21 Å². The molecule has 0 bridgehead atoms. The lowest BCUT2D eigenvalue weighted by molar-refractivity contribution is 0.0998. The standard InChI is InChI=1S/C17H12N2O2S/c1-11-14-4-2-3-5-15(14)21-16(11)17(20)19-12-6-8-13(9-7-12)22-10-18/h2-9H,1H3,(H,19,20). The summed E-state index contributed by atoms with van der Waals surface area (Å²) in [6.07, 6.45) is 0. The molecule has 22 heavy (non-hydrogen) atoms. The molecule has 3 aromatic rings. The zero-order valence-electron chi connectivity index (χ0n) is 11.8. The molecule has 0 fully saturated rings. The summed E-state index contributed by atoms with van der Waals surface area (Å²) in [6, 6.07) is 14.7. The number of thioether (sulfide) groups is 1. The quantitative estimate of drug-likeness (QED) is 0.568. The average molecular weight is 308 g/mol. The van der Waals surface area contributed by atoms with Gasteiger partial charge in [0.25, 0.3) is 5.91 Å². The van der Waals surface area contributed by atoms with Crippen LogP contribution in [0.15, 0.2) is 57.8 Å². The first-order chi connectivity index (χ1) is 10.7. The van der Waals surface area contributed by atoms with Crippen molar-refractivity contribution in [2.45, 2.75) is 11.8 Å². The molecule has 4 nitrogen and oxygen atoms in total. The summed E-state index contributed by atoms with van der Waals surface area (Å²) in [5, 5.41) is 14.4. The minimum absolute atomic E-state index is 0.283. The molecular formula is C17H12N2O2S. The summed E-state index contributed by atoms with van der Waals surface area (Å²) < 4.78 is 5.64. The molecule has 0 aliphatic heterocycles. The lowest BCUT2D eigenvalue weighted by atomic mass is 10.1. The number of nitriles is 1. The normalized spacial score (nSPS) is 10.4. The molecule has 0 saturated heterocycles. The fourth-order valence-corrected chi connectivity index (χ4v) is 2.62. The predicted molar refractivity (Wildman–Crippen MR) is 86.8 cm³/mol. The number of aryl methyl sites for hydroxylation is 1. The Morgan fingerprint density at radius 2 is 1.91 bits per heavy atom. The second-order valence-electron chi connectivity index (χ2n) is 4.72. The van der Waals surface area contributed by atoms with E-state index in [0.29, 0.717) is 17.0 Å². The third-order valence-corrected chi connectivity index (χ3v) is 3.92. The maximum absolute atomic E-state index is 12.4. The molecule has 0 aliphatic carbocycles. The maximum Gasteiger partial charge on any atom is 0.291 e. The first-order valence-corrected chi connectivity index (χ1v) is 7.46. The molecule has 3 rings (SSSR count). The highest BCUT2D eigenvalue weighted by Crippen LogP contribution is 2.26. The van der Waals surface area contributed by atoms with Crippen molar-refractivity contribution in [3.05, 3.63) is 59.9 Å². The Kier molecular flexibility index (Phi) is 3.86. The predicted octanol–water partition coefficient (Wildman–Crippen LogP) is 4.57. The van der Waals surface area contributed by atoms with Gasteiger partial charge in [-0.25, -0.2) is 0 Å². The summed E-state index contributed by atoms with van der Waals surface area (Å²) in [6.45, 7) is 1.87. The van der Waals surface area contributed by atoms with Gasteiger partial charge in [0.1, 0.15) is 11.0 Å². The van der Waals surface area contributed by atoms with Crippen LogP contribution in [0.25, 0.3) is 11.0 Å². The average Bonchev–Trinajstić information content (AvgIpc) is 2.87. The van der Waals surface area contributed by atoms with Gasteiger partial charge in [0.15, 0.2) is 5.76 Å². The molecular weight excluding hydrogens is 296 g/mol. The first kappa shape index (κ1) is 14.2. The van der Waals surface area contributed by atoms with E-state index in [1.165, 1.54) is 0 Å². The van der Waals surface area contributed by atoms with Gasteiger partial charge < -0.3 is 9.73 Å². The fraction of sp³-hybridized carbons (Fsp3) is 0.0588. The highest BCUT2D eigenvalue weighted by molar-refractivity contribution is 8.03. The molecule has 0 unspecified atom stereocenters. The Hall–Kier alpha value is -2.71. The SMILES string of the molecule is Cc1c(C(=O)Nc2ccc(SC#N)cc2)oc2ccccc12. The van der Waals surface area contributed by atoms with Gasteiger partial charge in [-0.3, -0.25) is 4.79 Å². The van der Waals surface area contributed by atoms with E-state index in [9.17, 15) is 4.79 Å². The van der Waals surface area contributed by atoms with E-state index < -0.39 is 0 Å². The van der Waals surface area contributed by atoms with Crippen molar-refractivity contribution in [3.8, 4) is 5.40 Å². The lowest BCUT2D eigenvalue weighted by Gasteiger charge is -2.04. The fourth-order valence-electron chi connectivity index (χ4n) is 2.24. The number of furan rings is 1. The maximum atomic E-state index is 12.4. The molecule has 0 radical (unpaired) electrons. The van der Waals surface area contributed by atoms with Gasteiger partial charge in [-0.15, -0.1) is 0 Å². The molecule has 5 heteroatoms. The van der Waals surface area contributed by atoms with Crippen molar-refractivity contribution >= 4 is 34.3 Å².